The minimum absolute atomic E-state index is 0.302. The van der Waals surface area contributed by atoms with E-state index in [1.165, 1.54) is 12.1 Å². The van der Waals surface area contributed by atoms with Crippen molar-refractivity contribution >= 4 is 21.8 Å². The maximum atomic E-state index is 13.1. The molecule has 2 nitrogen and oxygen atoms in total. The van der Waals surface area contributed by atoms with Crippen molar-refractivity contribution in [3.63, 3.8) is 0 Å². The summed E-state index contributed by atoms with van der Waals surface area (Å²) in [5.41, 5.74) is 0.642. The van der Waals surface area contributed by atoms with Crippen LogP contribution in [0, 0.1) is 11.2 Å². The molecule has 80 valence electrons. The normalized spacial score (nSPS) is 15.7. The lowest BCUT2D eigenvalue weighted by atomic mass is 10.2. The summed E-state index contributed by atoms with van der Waals surface area (Å²) in [7, 11) is 0. The summed E-state index contributed by atoms with van der Waals surface area (Å²) in [5, 5.41) is 7.96. The number of nitrogens with one attached hydrogen (secondary N) is 1. The summed E-state index contributed by atoms with van der Waals surface area (Å²) in [6.07, 6.45) is 2.25. The predicted molar refractivity (Wildman–Crippen MR) is 61.7 cm³/mol. The molecule has 1 N–H and O–H groups in total. The first-order valence-electron chi connectivity index (χ1n) is 4.97. The molecule has 0 saturated carbocycles. The molecule has 0 amide bonds. The van der Waals surface area contributed by atoms with Gasteiger partial charge in [-0.3, -0.25) is 5.41 Å². The third-order valence-electron chi connectivity index (χ3n) is 2.56. The van der Waals surface area contributed by atoms with Crippen molar-refractivity contribution in [1.82, 2.24) is 4.90 Å². The monoisotopic (exact) mass is 270 g/mol. The van der Waals surface area contributed by atoms with Gasteiger partial charge >= 0.3 is 0 Å². The summed E-state index contributed by atoms with van der Waals surface area (Å²) < 4.78 is 13.8. The Morgan fingerprint density at radius 1 is 1.27 bits per heavy atom. The lowest BCUT2D eigenvalue weighted by Crippen LogP contribution is -2.27. The minimum Gasteiger partial charge on any atom is -0.357 e. The Bertz CT molecular complexity index is 366. The van der Waals surface area contributed by atoms with Crippen molar-refractivity contribution in [3.8, 4) is 0 Å². The van der Waals surface area contributed by atoms with E-state index in [2.05, 4.69) is 15.9 Å². The van der Waals surface area contributed by atoms with E-state index < -0.39 is 0 Å². The summed E-state index contributed by atoms with van der Waals surface area (Å²) in [5.74, 6) is 0.121. The second kappa shape index (κ2) is 4.31. The fourth-order valence-electron chi connectivity index (χ4n) is 1.81. The minimum atomic E-state index is -0.302. The standard InChI is InChI=1S/C11H12BrFN2/c12-9-5-8(6-10(13)7-9)11(14)15-3-1-2-4-15/h5-7,14H,1-4H2. The van der Waals surface area contributed by atoms with Crippen molar-refractivity contribution in [3.05, 3.63) is 34.1 Å². The molecule has 1 heterocycles. The topological polar surface area (TPSA) is 27.1 Å². The average Bonchev–Trinajstić information content (AvgIpc) is 2.67. The van der Waals surface area contributed by atoms with Crippen LogP contribution in [-0.2, 0) is 0 Å². The van der Waals surface area contributed by atoms with Gasteiger partial charge in [-0.05, 0) is 31.0 Å². The van der Waals surface area contributed by atoms with Gasteiger partial charge in [-0.1, -0.05) is 15.9 Å². The highest BCUT2D eigenvalue weighted by atomic mass is 79.9. The molecule has 1 aliphatic rings. The van der Waals surface area contributed by atoms with Gasteiger partial charge in [0.2, 0.25) is 0 Å². The van der Waals surface area contributed by atoms with Crippen molar-refractivity contribution in [2.45, 2.75) is 12.8 Å². The van der Waals surface area contributed by atoms with E-state index in [9.17, 15) is 4.39 Å². The molecule has 0 radical (unpaired) electrons. The van der Waals surface area contributed by atoms with E-state index in [4.69, 9.17) is 5.41 Å². The molecule has 0 aromatic heterocycles. The molecule has 1 aromatic carbocycles. The number of likely N-dealkylation sites (tertiary alicyclic amines) is 1. The second-order valence-electron chi connectivity index (χ2n) is 3.70. The van der Waals surface area contributed by atoms with E-state index in [0.29, 0.717) is 15.9 Å². The van der Waals surface area contributed by atoms with Crippen molar-refractivity contribution in [2.75, 3.05) is 13.1 Å². The fraction of sp³-hybridized carbons (Fsp3) is 0.364. The molecule has 0 spiro atoms. The van der Waals surface area contributed by atoms with Crippen LogP contribution < -0.4 is 0 Å². The van der Waals surface area contributed by atoms with Gasteiger partial charge in [0, 0.05) is 23.1 Å². The average molecular weight is 271 g/mol. The van der Waals surface area contributed by atoms with Gasteiger partial charge in [0.15, 0.2) is 0 Å². The number of hydrogen-bond acceptors (Lipinski definition) is 1. The van der Waals surface area contributed by atoms with Gasteiger partial charge in [0.05, 0.1) is 0 Å². The van der Waals surface area contributed by atoms with Gasteiger partial charge in [-0.15, -0.1) is 0 Å². The zero-order valence-electron chi connectivity index (χ0n) is 8.26. The van der Waals surface area contributed by atoms with Crippen molar-refractivity contribution in [2.24, 2.45) is 0 Å². The highest BCUT2D eigenvalue weighted by molar-refractivity contribution is 9.10. The highest BCUT2D eigenvalue weighted by Gasteiger charge is 2.16. The van der Waals surface area contributed by atoms with Gasteiger partial charge in [0.25, 0.3) is 0 Å². The van der Waals surface area contributed by atoms with Gasteiger partial charge in [-0.2, -0.15) is 0 Å². The van der Waals surface area contributed by atoms with Crippen LogP contribution in [0.1, 0.15) is 18.4 Å². The van der Waals surface area contributed by atoms with Crippen LogP contribution in [0.2, 0.25) is 0 Å². The Hall–Kier alpha value is -0.900. The Labute approximate surface area is 96.7 Å². The van der Waals surface area contributed by atoms with Crippen LogP contribution in [-0.4, -0.2) is 23.8 Å². The number of amidine groups is 1. The zero-order valence-corrected chi connectivity index (χ0v) is 9.85. The highest BCUT2D eigenvalue weighted by Crippen LogP contribution is 2.18. The fourth-order valence-corrected chi connectivity index (χ4v) is 2.28. The maximum absolute atomic E-state index is 13.1. The van der Waals surface area contributed by atoms with Gasteiger partial charge in [-0.25, -0.2) is 4.39 Å². The van der Waals surface area contributed by atoms with E-state index in [-0.39, 0.29) is 5.82 Å². The van der Waals surface area contributed by atoms with Crippen LogP contribution in [0.15, 0.2) is 22.7 Å². The summed E-state index contributed by atoms with van der Waals surface area (Å²) in [6, 6.07) is 4.59. The first-order valence-corrected chi connectivity index (χ1v) is 5.76. The molecule has 0 aliphatic carbocycles. The third-order valence-corrected chi connectivity index (χ3v) is 3.02. The third kappa shape index (κ3) is 2.37. The number of halogens is 2. The molecule has 0 atom stereocenters. The quantitative estimate of drug-likeness (QED) is 0.617. The first-order chi connectivity index (χ1) is 7.16. The van der Waals surface area contributed by atoms with Gasteiger partial charge < -0.3 is 4.90 Å². The number of nitrogens with zero attached hydrogens (tertiary/aromatic N) is 1. The summed E-state index contributed by atoms with van der Waals surface area (Å²) in [4.78, 5) is 1.99. The van der Waals surface area contributed by atoms with E-state index in [0.717, 1.165) is 25.9 Å². The van der Waals surface area contributed by atoms with Crippen LogP contribution in [0.25, 0.3) is 0 Å². The Balaban J connectivity index is 2.24. The van der Waals surface area contributed by atoms with E-state index in [1.807, 2.05) is 4.90 Å². The summed E-state index contributed by atoms with van der Waals surface area (Å²) in [6.45, 7) is 1.82. The predicted octanol–water partition coefficient (Wildman–Crippen LogP) is 3.01. The molecule has 0 unspecified atom stereocenters. The molecular formula is C11H12BrFN2. The molecule has 1 aromatic rings. The molecule has 15 heavy (non-hydrogen) atoms. The van der Waals surface area contributed by atoms with Crippen molar-refractivity contribution in [1.29, 1.82) is 5.41 Å². The molecule has 0 bridgehead atoms. The van der Waals surface area contributed by atoms with Crippen LogP contribution >= 0.6 is 15.9 Å². The largest absolute Gasteiger partial charge is 0.357 e. The zero-order chi connectivity index (χ0) is 10.8. The lowest BCUT2D eigenvalue weighted by Gasteiger charge is -2.18. The molecule has 2 rings (SSSR count). The molecule has 1 aliphatic heterocycles. The van der Waals surface area contributed by atoms with Crippen LogP contribution in [0.5, 0.6) is 0 Å². The number of benzene rings is 1. The SMILES string of the molecule is N=C(c1cc(F)cc(Br)c1)N1CCCC1. The molecule has 4 heteroatoms. The number of hydrogen-bond donors (Lipinski definition) is 1. The molecular weight excluding hydrogens is 259 g/mol. The Morgan fingerprint density at radius 2 is 1.93 bits per heavy atom. The van der Waals surface area contributed by atoms with Crippen LogP contribution in [0.3, 0.4) is 0 Å². The number of rotatable bonds is 1. The Kier molecular flexibility index (Phi) is 3.05. The second-order valence-corrected chi connectivity index (χ2v) is 4.62. The van der Waals surface area contributed by atoms with E-state index >= 15 is 0 Å². The van der Waals surface area contributed by atoms with Crippen LogP contribution in [0.4, 0.5) is 4.39 Å². The molecule has 1 fully saturated rings. The smallest absolute Gasteiger partial charge is 0.128 e. The van der Waals surface area contributed by atoms with E-state index in [1.54, 1.807) is 6.07 Å². The Morgan fingerprint density at radius 3 is 2.53 bits per heavy atom. The maximum Gasteiger partial charge on any atom is 0.128 e. The summed E-state index contributed by atoms with van der Waals surface area (Å²) >= 11 is 3.23. The molecule has 1 saturated heterocycles. The lowest BCUT2D eigenvalue weighted by molar-refractivity contribution is 0.516. The van der Waals surface area contributed by atoms with Gasteiger partial charge in [0.1, 0.15) is 11.7 Å². The van der Waals surface area contributed by atoms with Crippen molar-refractivity contribution < 1.29 is 4.39 Å². The first kappa shape index (κ1) is 10.6.